The third-order valence-electron chi connectivity index (χ3n) is 2.91. The van der Waals surface area contributed by atoms with E-state index in [-0.39, 0.29) is 12.1 Å². The Bertz CT molecular complexity index is 556. The Morgan fingerprint density at radius 3 is 2.75 bits per heavy atom. The SMILES string of the molecule is CC(C)Oc1cccc(C(Cc2sccc2Br)NN)c1. The molecule has 1 heterocycles. The predicted octanol–water partition coefficient (Wildman–Crippen LogP) is 4.04. The molecule has 5 heteroatoms. The number of nitrogens with two attached hydrogens (primary N) is 1. The topological polar surface area (TPSA) is 47.3 Å². The standard InChI is InChI=1S/C15H19BrN2OS/c1-10(2)19-12-5-3-4-11(8-12)14(18-17)9-15-13(16)6-7-20-15/h3-8,10,14,18H,9,17H2,1-2H3. The number of hydrazine groups is 1. The van der Waals surface area contributed by atoms with Crippen LogP contribution in [0.15, 0.2) is 40.2 Å². The van der Waals surface area contributed by atoms with E-state index in [4.69, 9.17) is 10.6 Å². The molecule has 0 aliphatic rings. The second-order valence-electron chi connectivity index (χ2n) is 4.85. The Morgan fingerprint density at radius 2 is 2.15 bits per heavy atom. The van der Waals surface area contributed by atoms with Gasteiger partial charge in [0, 0.05) is 15.8 Å². The Morgan fingerprint density at radius 1 is 1.35 bits per heavy atom. The van der Waals surface area contributed by atoms with E-state index in [0.717, 1.165) is 22.2 Å². The normalized spacial score (nSPS) is 12.7. The number of hydrogen-bond acceptors (Lipinski definition) is 4. The molecule has 0 saturated heterocycles. The highest BCUT2D eigenvalue weighted by Gasteiger charge is 2.14. The lowest BCUT2D eigenvalue weighted by atomic mass is 10.0. The summed E-state index contributed by atoms with van der Waals surface area (Å²) in [4.78, 5) is 1.28. The van der Waals surface area contributed by atoms with Crippen molar-refractivity contribution in [2.45, 2.75) is 32.4 Å². The molecule has 2 rings (SSSR count). The molecule has 0 aliphatic heterocycles. The van der Waals surface area contributed by atoms with E-state index in [1.54, 1.807) is 11.3 Å². The minimum atomic E-state index is 0.0701. The molecule has 0 saturated carbocycles. The van der Waals surface area contributed by atoms with Crippen LogP contribution < -0.4 is 16.0 Å². The third-order valence-corrected chi connectivity index (χ3v) is 4.86. The molecule has 1 unspecified atom stereocenters. The number of rotatable bonds is 6. The maximum Gasteiger partial charge on any atom is 0.120 e. The number of thiophene rings is 1. The Balaban J connectivity index is 2.17. The molecule has 3 N–H and O–H groups in total. The summed E-state index contributed by atoms with van der Waals surface area (Å²) in [5, 5.41) is 2.07. The van der Waals surface area contributed by atoms with Crippen LogP contribution in [0.4, 0.5) is 0 Å². The summed E-state index contributed by atoms with van der Waals surface area (Å²) in [5.41, 5.74) is 4.03. The van der Waals surface area contributed by atoms with Crippen molar-refractivity contribution >= 4 is 27.3 Å². The molecule has 3 nitrogen and oxygen atoms in total. The zero-order valence-electron chi connectivity index (χ0n) is 11.6. The van der Waals surface area contributed by atoms with Gasteiger partial charge in [-0.05, 0) is 58.9 Å². The minimum Gasteiger partial charge on any atom is -0.491 e. The lowest BCUT2D eigenvalue weighted by molar-refractivity contribution is 0.242. The molecule has 0 amide bonds. The monoisotopic (exact) mass is 354 g/mol. The first-order chi connectivity index (χ1) is 9.60. The number of nitrogens with one attached hydrogen (secondary N) is 1. The molecule has 1 aromatic carbocycles. The van der Waals surface area contributed by atoms with E-state index in [2.05, 4.69) is 38.9 Å². The smallest absolute Gasteiger partial charge is 0.120 e. The van der Waals surface area contributed by atoms with Gasteiger partial charge in [-0.2, -0.15) is 0 Å². The van der Waals surface area contributed by atoms with Gasteiger partial charge in [0.15, 0.2) is 0 Å². The van der Waals surface area contributed by atoms with Crippen molar-refractivity contribution in [2.24, 2.45) is 5.84 Å². The van der Waals surface area contributed by atoms with Gasteiger partial charge in [0.05, 0.1) is 12.1 Å². The first-order valence-corrected chi connectivity index (χ1v) is 8.22. The summed E-state index contributed by atoms with van der Waals surface area (Å²) in [6.07, 6.45) is 1.01. The molecule has 0 spiro atoms. The first kappa shape index (κ1) is 15.5. The molecular weight excluding hydrogens is 336 g/mol. The molecule has 20 heavy (non-hydrogen) atoms. The molecule has 1 atom stereocenters. The maximum atomic E-state index is 5.73. The van der Waals surface area contributed by atoms with Crippen LogP contribution in [0.3, 0.4) is 0 Å². The number of benzene rings is 1. The van der Waals surface area contributed by atoms with Gasteiger partial charge < -0.3 is 4.74 Å². The molecule has 1 aromatic heterocycles. The van der Waals surface area contributed by atoms with Crippen LogP contribution in [0.25, 0.3) is 0 Å². The van der Waals surface area contributed by atoms with Crippen LogP contribution in [-0.2, 0) is 6.42 Å². The van der Waals surface area contributed by atoms with Crippen LogP contribution in [0.2, 0.25) is 0 Å². The van der Waals surface area contributed by atoms with Crippen LogP contribution in [0.1, 0.15) is 30.3 Å². The fourth-order valence-electron chi connectivity index (χ4n) is 2.01. The summed E-state index contributed by atoms with van der Waals surface area (Å²) < 4.78 is 6.87. The van der Waals surface area contributed by atoms with E-state index >= 15 is 0 Å². The average Bonchev–Trinajstić information content (AvgIpc) is 2.81. The summed E-state index contributed by atoms with van der Waals surface area (Å²) in [7, 11) is 0. The minimum absolute atomic E-state index is 0.0701. The highest BCUT2D eigenvalue weighted by atomic mass is 79.9. The molecule has 0 radical (unpaired) electrons. The average molecular weight is 355 g/mol. The summed E-state index contributed by atoms with van der Waals surface area (Å²) in [6, 6.07) is 10.2. The molecule has 2 aromatic rings. The van der Waals surface area contributed by atoms with Gasteiger partial charge in [0.2, 0.25) is 0 Å². The van der Waals surface area contributed by atoms with E-state index < -0.39 is 0 Å². The third kappa shape index (κ3) is 4.06. The molecule has 108 valence electrons. The first-order valence-electron chi connectivity index (χ1n) is 6.54. The van der Waals surface area contributed by atoms with Crippen molar-refractivity contribution in [3.63, 3.8) is 0 Å². The van der Waals surface area contributed by atoms with Crippen molar-refractivity contribution in [3.05, 3.63) is 50.6 Å². The van der Waals surface area contributed by atoms with Crippen LogP contribution in [0, 0.1) is 0 Å². The highest BCUT2D eigenvalue weighted by molar-refractivity contribution is 9.10. The zero-order chi connectivity index (χ0) is 14.5. The van der Waals surface area contributed by atoms with E-state index in [1.807, 2.05) is 32.0 Å². The predicted molar refractivity (Wildman–Crippen MR) is 88.0 cm³/mol. The van der Waals surface area contributed by atoms with Crippen molar-refractivity contribution in [1.82, 2.24) is 5.43 Å². The number of halogens is 1. The largest absolute Gasteiger partial charge is 0.491 e. The lowest BCUT2D eigenvalue weighted by Gasteiger charge is -2.18. The molecule has 0 fully saturated rings. The molecular formula is C15H19BrN2OS. The van der Waals surface area contributed by atoms with Gasteiger partial charge in [-0.15, -0.1) is 11.3 Å². The summed E-state index contributed by atoms with van der Waals surface area (Å²) >= 11 is 5.29. The van der Waals surface area contributed by atoms with E-state index in [1.165, 1.54) is 4.88 Å². The van der Waals surface area contributed by atoms with Crippen molar-refractivity contribution in [3.8, 4) is 5.75 Å². The summed E-state index contributed by atoms with van der Waals surface area (Å²) in [6.45, 7) is 4.04. The van der Waals surface area contributed by atoms with Gasteiger partial charge >= 0.3 is 0 Å². The van der Waals surface area contributed by atoms with Gasteiger partial charge in [-0.25, -0.2) is 0 Å². The van der Waals surface area contributed by atoms with Crippen molar-refractivity contribution < 1.29 is 4.74 Å². The second-order valence-corrected chi connectivity index (χ2v) is 6.71. The molecule has 0 bridgehead atoms. The zero-order valence-corrected chi connectivity index (χ0v) is 14.0. The van der Waals surface area contributed by atoms with Gasteiger partial charge in [0.25, 0.3) is 0 Å². The van der Waals surface area contributed by atoms with Crippen molar-refractivity contribution in [1.29, 1.82) is 0 Å². The maximum absolute atomic E-state index is 5.73. The second kappa shape index (κ2) is 7.22. The van der Waals surface area contributed by atoms with Crippen LogP contribution in [0.5, 0.6) is 5.75 Å². The van der Waals surface area contributed by atoms with Crippen LogP contribution >= 0.6 is 27.3 Å². The van der Waals surface area contributed by atoms with Crippen molar-refractivity contribution in [2.75, 3.05) is 0 Å². The number of ether oxygens (including phenoxy) is 1. The summed E-state index contributed by atoms with van der Waals surface area (Å²) in [5.74, 6) is 6.60. The van der Waals surface area contributed by atoms with E-state index in [0.29, 0.717) is 0 Å². The van der Waals surface area contributed by atoms with E-state index in [9.17, 15) is 0 Å². The number of hydrogen-bond donors (Lipinski definition) is 2. The van der Waals surface area contributed by atoms with Gasteiger partial charge in [0.1, 0.15) is 5.75 Å². The molecule has 0 aliphatic carbocycles. The fraction of sp³-hybridized carbons (Fsp3) is 0.333. The van der Waals surface area contributed by atoms with Crippen LogP contribution in [-0.4, -0.2) is 6.10 Å². The van der Waals surface area contributed by atoms with Gasteiger partial charge in [-0.3, -0.25) is 11.3 Å². The Labute approximate surface area is 132 Å². The Hall–Kier alpha value is -0.880. The Kier molecular flexibility index (Phi) is 5.60. The fourth-order valence-corrected chi connectivity index (χ4v) is 3.57. The van der Waals surface area contributed by atoms with Gasteiger partial charge in [-0.1, -0.05) is 12.1 Å². The quantitative estimate of drug-likeness (QED) is 0.607. The lowest BCUT2D eigenvalue weighted by Crippen LogP contribution is -2.29. The highest BCUT2D eigenvalue weighted by Crippen LogP contribution is 2.29.